The van der Waals surface area contributed by atoms with Gasteiger partial charge in [-0.15, -0.1) is 0 Å². The van der Waals surface area contributed by atoms with Crippen molar-refractivity contribution in [3.05, 3.63) is 0 Å². The maximum Gasteiger partial charge on any atom is 0.187 e. The summed E-state index contributed by atoms with van der Waals surface area (Å²) in [7, 11) is 1.24. The van der Waals surface area contributed by atoms with E-state index in [2.05, 4.69) is 0 Å². The van der Waals surface area contributed by atoms with Crippen LogP contribution in [0, 0.1) is 0 Å². The van der Waals surface area contributed by atoms with Crippen molar-refractivity contribution in [1.29, 1.82) is 0 Å². The molecule has 7 N–H and O–H groups in total. The Bertz CT molecular complexity index is 392. The van der Waals surface area contributed by atoms with E-state index in [1.54, 1.807) is 0 Å². The number of methoxy groups -OCH3 is 1. The van der Waals surface area contributed by atoms with Crippen LogP contribution in [0.3, 0.4) is 0 Å². The molecule has 0 aromatic carbocycles. The third-order valence-electron chi connectivity index (χ3n) is 4.20. The summed E-state index contributed by atoms with van der Waals surface area (Å²) in [5.41, 5.74) is 0. The van der Waals surface area contributed by atoms with Crippen molar-refractivity contribution in [2.24, 2.45) is 0 Å². The lowest BCUT2D eigenvalue weighted by Gasteiger charge is -2.45. The van der Waals surface area contributed by atoms with Crippen LogP contribution in [0.15, 0.2) is 0 Å². The summed E-state index contributed by atoms with van der Waals surface area (Å²) in [5.74, 6) is 0. The summed E-state index contributed by atoms with van der Waals surface area (Å²) in [5, 5.41) is 67.8. The van der Waals surface area contributed by atoms with Crippen molar-refractivity contribution in [3.63, 3.8) is 0 Å². The lowest BCUT2D eigenvalue weighted by atomic mass is 9.97. The second-order valence-electron chi connectivity index (χ2n) is 5.74. The van der Waals surface area contributed by atoms with Gasteiger partial charge in [0.15, 0.2) is 12.6 Å². The van der Waals surface area contributed by atoms with Gasteiger partial charge in [-0.25, -0.2) is 0 Å². The van der Waals surface area contributed by atoms with Crippen molar-refractivity contribution in [3.8, 4) is 0 Å². The average molecular weight is 356 g/mol. The highest BCUT2D eigenvalue weighted by Gasteiger charge is 2.50. The smallest absolute Gasteiger partial charge is 0.187 e. The van der Waals surface area contributed by atoms with Gasteiger partial charge in [0.1, 0.15) is 48.8 Å². The van der Waals surface area contributed by atoms with Gasteiger partial charge in [-0.1, -0.05) is 0 Å². The molecule has 0 aliphatic carbocycles. The van der Waals surface area contributed by atoms with E-state index in [1.165, 1.54) is 7.11 Å². The summed E-state index contributed by atoms with van der Waals surface area (Å²) in [6.45, 7) is -1.21. The highest BCUT2D eigenvalue weighted by Crippen LogP contribution is 2.29. The van der Waals surface area contributed by atoms with Crippen LogP contribution in [0.4, 0.5) is 0 Å². The van der Waals surface area contributed by atoms with Crippen LogP contribution >= 0.6 is 0 Å². The van der Waals surface area contributed by atoms with Gasteiger partial charge in [-0.05, 0) is 0 Å². The van der Waals surface area contributed by atoms with E-state index in [9.17, 15) is 25.5 Å². The second kappa shape index (κ2) is 8.29. The largest absolute Gasteiger partial charge is 0.394 e. The molecule has 0 saturated carbocycles. The fourth-order valence-electron chi connectivity index (χ4n) is 2.73. The Hall–Kier alpha value is -0.440. The zero-order chi connectivity index (χ0) is 18.0. The van der Waals surface area contributed by atoms with Crippen LogP contribution in [0.2, 0.25) is 0 Å². The van der Waals surface area contributed by atoms with Gasteiger partial charge in [0, 0.05) is 7.11 Å². The minimum atomic E-state index is -1.68. The molecule has 0 amide bonds. The molecule has 2 fully saturated rings. The summed E-state index contributed by atoms with van der Waals surface area (Å²) in [4.78, 5) is 0. The molecule has 0 spiro atoms. The SMILES string of the molecule is CO[C@@H]1OC(CO)[C@@H](O)[C@H](O)C1O[C@H]1OC(CO)[C@@H](O)[C@H](O)C1O. The number of aliphatic hydroxyl groups excluding tert-OH is 7. The molecule has 2 aliphatic heterocycles. The molecule has 0 aromatic rings. The first-order valence-electron chi connectivity index (χ1n) is 7.46. The molecule has 24 heavy (non-hydrogen) atoms. The Balaban J connectivity index is 2.12. The molecule has 2 rings (SSSR count). The standard InChI is InChI=1S/C13H24O11/c1-21-13-11(9(19)7(17)5(3-15)23-13)24-12-10(20)8(18)6(16)4(2-14)22-12/h4-20H,2-3H2,1H3/t4?,5?,6-,7-,8+,9+,10?,11?,12-,13-/m1/s1. The number of aliphatic hydroxyl groups is 7. The number of ether oxygens (including phenoxy) is 4. The molecule has 2 saturated heterocycles. The summed E-state index contributed by atoms with van der Waals surface area (Å²) in [6, 6.07) is 0. The Kier molecular flexibility index (Phi) is 6.87. The zero-order valence-corrected chi connectivity index (χ0v) is 13.0. The van der Waals surface area contributed by atoms with Crippen LogP contribution in [0.5, 0.6) is 0 Å². The molecule has 10 atom stereocenters. The highest BCUT2D eigenvalue weighted by molar-refractivity contribution is 4.93. The van der Waals surface area contributed by atoms with E-state index in [1.807, 2.05) is 0 Å². The normalized spacial score (nSPS) is 50.0. The second-order valence-corrected chi connectivity index (χ2v) is 5.74. The van der Waals surface area contributed by atoms with Crippen molar-refractivity contribution >= 4 is 0 Å². The van der Waals surface area contributed by atoms with Gasteiger partial charge in [0.05, 0.1) is 13.2 Å². The van der Waals surface area contributed by atoms with Crippen LogP contribution in [-0.4, -0.2) is 117 Å². The molecule has 0 radical (unpaired) electrons. The maximum atomic E-state index is 10.2. The van der Waals surface area contributed by atoms with E-state index in [0.717, 1.165) is 0 Å². The molecule has 0 aromatic heterocycles. The third kappa shape index (κ3) is 3.71. The predicted molar refractivity (Wildman–Crippen MR) is 73.4 cm³/mol. The van der Waals surface area contributed by atoms with E-state index >= 15 is 0 Å². The predicted octanol–water partition coefficient (Wildman–Crippen LogP) is -4.74. The molecular formula is C13H24O11. The lowest BCUT2D eigenvalue weighted by Crippen LogP contribution is -2.64. The van der Waals surface area contributed by atoms with Crippen molar-refractivity contribution in [1.82, 2.24) is 0 Å². The molecule has 142 valence electrons. The molecule has 4 unspecified atom stereocenters. The van der Waals surface area contributed by atoms with E-state index in [-0.39, 0.29) is 0 Å². The van der Waals surface area contributed by atoms with E-state index in [4.69, 9.17) is 29.2 Å². The molecule has 0 bridgehead atoms. The summed E-state index contributed by atoms with van der Waals surface area (Å²) in [6.07, 6.45) is -14.3. The first-order chi connectivity index (χ1) is 11.3. The monoisotopic (exact) mass is 356 g/mol. The van der Waals surface area contributed by atoms with Crippen LogP contribution in [0.25, 0.3) is 0 Å². The number of hydrogen-bond acceptors (Lipinski definition) is 11. The molecule has 2 aliphatic rings. The quantitative estimate of drug-likeness (QED) is 0.251. The van der Waals surface area contributed by atoms with Crippen molar-refractivity contribution in [2.45, 2.75) is 61.4 Å². The van der Waals surface area contributed by atoms with Crippen molar-refractivity contribution in [2.75, 3.05) is 20.3 Å². The molecule has 11 nitrogen and oxygen atoms in total. The Morgan fingerprint density at radius 2 is 1.21 bits per heavy atom. The minimum absolute atomic E-state index is 0.565. The zero-order valence-electron chi connectivity index (χ0n) is 13.0. The number of rotatable bonds is 5. The van der Waals surface area contributed by atoms with Crippen molar-refractivity contribution < 1.29 is 54.7 Å². The van der Waals surface area contributed by atoms with Crippen LogP contribution < -0.4 is 0 Å². The van der Waals surface area contributed by atoms with E-state index in [0.29, 0.717) is 0 Å². The van der Waals surface area contributed by atoms with Gasteiger partial charge in [-0.3, -0.25) is 0 Å². The fourth-order valence-corrected chi connectivity index (χ4v) is 2.73. The lowest BCUT2D eigenvalue weighted by molar-refractivity contribution is -0.364. The first-order valence-corrected chi connectivity index (χ1v) is 7.46. The van der Waals surface area contributed by atoms with Gasteiger partial charge in [0.2, 0.25) is 0 Å². The Morgan fingerprint density at radius 3 is 1.71 bits per heavy atom. The Labute approximate surface area is 137 Å². The topological polar surface area (TPSA) is 179 Å². The summed E-state index contributed by atoms with van der Waals surface area (Å²) < 4.78 is 20.8. The van der Waals surface area contributed by atoms with Gasteiger partial charge < -0.3 is 54.7 Å². The summed E-state index contributed by atoms with van der Waals surface area (Å²) >= 11 is 0. The fraction of sp³-hybridized carbons (Fsp3) is 1.00. The van der Waals surface area contributed by atoms with Gasteiger partial charge in [0.25, 0.3) is 0 Å². The molecular weight excluding hydrogens is 332 g/mol. The van der Waals surface area contributed by atoms with Crippen LogP contribution in [-0.2, 0) is 18.9 Å². The highest BCUT2D eigenvalue weighted by atomic mass is 16.8. The Morgan fingerprint density at radius 1 is 0.708 bits per heavy atom. The third-order valence-corrected chi connectivity index (χ3v) is 4.20. The molecule has 2 heterocycles. The molecule has 11 heteroatoms. The van der Waals surface area contributed by atoms with Crippen LogP contribution in [0.1, 0.15) is 0 Å². The van der Waals surface area contributed by atoms with E-state index < -0.39 is 74.6 Å². The average Bonchev–Trinajstić information content (AvgIpc) is 2.59. The number of hydrogen-bond donors (Lipinski definition) is 7. The van der Waals surface area contributed by atoms with Gasteiger partial charge in [-0.2, -0.15) is 0 Å². The van der Waals surface area contributed by atoms with Gasteiger partial charge >= 0.3 is 0 Å². The maximum absolute atomic E-state index is 10.2. The first kappa shape index (κ1) is 19.9. The minimum Gasteiger partial charge on any atom is -0.394 e.